The summed E-state index contributed by atoms with van der Waals surface area (Å²) in [6, 6.07) is 16.2. The second-order valence-electron chi connectivity index (χ2n) is 9.08. The van der Waals surface area contributed by atoms with Crippen molar-refractivity contribution < 1.29 is 13.2 Å². The van der Waals surface area contributed by atoms with E-state index in [4.69, 9.17) is 4.74 Å². The number of nitrogens with zero attached hydrogens (tertiary/aromatic N) is 2. The van der Waals surface area contributed by atoms with Crippen molar-refractivity contribution in [1.29, 1.82) is 0 Å². The number of ether oxygens (including phenoxy) is 1. The number of sulfone groups is 1. The Kier molecular flexibility index (Phi) is 6.59. The third-order valence-corrected chi connectivity index (χ3v) is 8.73. The van der Waals surface area contributed by atoms with E-state index in [-0.39, 0.29) is 28.4 Å². The van der Waals surface area contributed by atoms with Gasteiger partial charge in [0.05, 0.1) is 28.4 Å². The molecule has 1 N–H and O–H groups in total. The second-order valence-corrected chi connectivity index (χ2v) is 12.0. The van der Waals surface area contributed by atoms with Gasteiger partial charge in [-0.1, -0.05) is 30.3 Å². The molecule has 0 bridgehead atoms. The van der Waals surface area contributed by atoms with Gasteiger partial charge in [-0.3, -0.25) is 9.69 Å². The summed E-state index contributed by atoms with van der Waals surface area (Å²) in [4.78, 5) is 23.0. The highest BCUT2D eigenvalue weighted by Gasteiger charge is 2.22. The summed E-state index contributed by atoms with van der Waals surface area (Å²) in [5, 5.41) is 3.09. The number of rotatable bonds is 6. The largest absolute Gasteiger partial charge is 0.373 e. The monoisotopic (exact) mass is 509 g/mol. The maximum atomic E-state index is 12.9. The lowest BCUT2D eigenvalue weighted by molar-refractivity contribution is -0.0704. The zero-order valence-corrected chi connectivity index (χ0v) is 21.2. The summed E-state index contributed by atoms with van der Waals surface area (Å²) in [5.74, 6) is -0.199. The molecule has 1 fully saturated rings. The van der Waals surface area contributed by atoms with E-state index in [9.17, 15) is 13.2 Å². The fourth-order valence-electron chi connectivity index (χ4n) is 4.58. The van der Waals surface area contributed by atoms with Crippen molar-refractivity contribution in [2.45, 2.75) is 43.2 Å². The Morgan fingerprint density at radius 1 is 1.09 bits per heavy atom. The molecule has 4 aromatic rings. The third-order valence-electron chi connectivity index (χ3n) is 6.06. The van der Waals surface area contributed by atoms with Gasteiger partial charge in [0.25, 0.3) is 5.56 Å². The zero-order chi connectivity index (χ0) is 24.6. The van der Waals surface area contributed by atoms with Crippen molar-refractivity contribution in [3.05, 3.63) is 80.9 Å². The molecular formula is C26H27N3O4S2. The van der Waals surface area contributed by atoms with Crippen LogP contribution in [0.15, 0.2) is 69.7 Å². The molecule has 5 rings (SSSR count). The van der Waals surface area contributed by atoms with E-state index in [0.717, 1.165) is 36.1 Å². The van der Waals surface area contributed by atoms with Gasteiger partial charge in [0.2, 0.25) is 0 Å². The van der Waals surface area contributed by atoms with Crippen molar-refractivity contribution in [1.82, 2.24) is 14.9 Å². The molecule has 0 radical (unpaired) electrons. The standard InChI is InChI=1S/C26H27N3O4S2/c1-17-12-29(13-18(2)33-17)14-19-8-9-20-11-22(26(30)28-23(20)10-19)24-15-34-25(27-24)16-35(31,32)21-6-4-3-5-7-21/h3-11,15,17-18H,12-14,16H2,1-2H3,(H,28,30). The first-order valence-electron chi connectivity index (χ1n) is 11.5. The number of H-pyrrole nitrogens is 1. The van der Waals surface area contributed by atoms with Crippen LogP contribution in [0.1, 0.15) is 24.4 Å². The minimum atomic E-state index is -3.50. The first-order valence-corrected chi connectivity index (χ1v) is 14.1. The van der Waals surface area contributed by atoms with Crippen LogP contribution < -0.4 is 5.56 Å². The van der Waals surface area contributed by atoms with Gasteiger partial charge in [0.15, 0.2) is 9.84 Å². The molecule has 0 spiro atoms. The lowest BCUT2D eigenvalue weighted by Crippen LogP contribution is -2.44. The van der Waals surface area contributed by atoms with Crippen molar-refractivity contribution in [2.75, 3.05) is 13.1 Å². The van der Waals surface area contributed by atoms with E-state index in [0.29, 0.717) is 16.3 Å². The average Bonchev–Trinajstić information content (AvgIpc) is 3.26. The molecule has 0 amide bonds. The summed E-state index contributed by atoms with van der Waals surface area (Å²) in [5.41, 5.74) is 2.57. The lowest BCUT2D eigenvalue weighted by atomic mass is 10.1. The Hall–Kier alpha value is -2.85. The number of pyridine rings is 1. The molecular weight excluding hydrogens is 482 g/mol. The molecule has 2 unspecified atom stereocenters. The SMILES string of the molecule is CC1CN(Cc2ccc3cc(-c4csc(CS(=O)(=O)c5ccccc5)n4)c(=O)[nH]c3c2)CC(C)O1. The first-order chi connectivity index (χ1) is 16.8. The number of hydrogen-bond acceptors (Lipinski definition) is 7. The number of aromatic nitrogens is 2. The van der Waals surface area contributed by atoms with Gasteiger partial charge in [0.1, 0.15) is 10.8 Å². The van der Waals surface area contributed by atoms with E-state index in [1.807, 2.05) is 18.2 Å². The summed E-state index contributed by atoms with van der Waals surface area (Å²) < 4.78 is 31.2. The predicted molar refractivity (Wildman–Crippen MR) is 138 cm³/mol. The summed E-state index contributed by atoms with van der Waals surface area (Å²) in [6.07, 6.45) is 0.402. The van der Waals surface area contributed by atoms with Crippen LogP contribution in [0.2, 0.25) is 0 Å². The smallest absolute Gasteiger partial charge is 0.257 e. The molecule has 35 heavy (non-hydrogen) atoms. The highest BCUT2D eigenvalue weighted by Crippen LogP contribution is 2.25. The number of benzene rings is 2. The Labute approximate surface area is 208 Å². The highest BCUT2D eigenvalue weighted by atomic mass is 32.2. The quantitative estimate of drug-likeness (QED) is 0.418. The molecule has 3 heterocycles. The van der Waals surface area contributed by atoms with E-state index < -0.39 is 9.84 Å². The Morgan fingerprint density at radius 3 is 2.57 bits per heavy atom. The van der Waals surface area contributed by atoms with Gasteiger partial charge >= 0.3 is 0 Å². The number of morpholine rings is 1. The molecule has 2 aromatic heterocycles. The number of nitrogens with one attached hydrogen (secondary N) is 1. The maximum Gasteiger partial charge on any atom is 0.257 e. The van der Waals surface area contributed by atoms with Gasteiger partial charge in [-0.25, -0.2) is 13.4 Å². The van der Waals surface area contributed by atoms with E-state index >= 15 is 0 Å². The van der Waals surface area contributed by atoms with Crippen LogP contribution in [-0.4, -0.2) is 48.6 Å². The molecule has 0 saturated carbocycles. The number of hydrogen-bond donors (Lipinski definition) is 1. The third kappa shape index (κ3) is 5.38. The maximum absolute atomic E-state index is 12.9. The van der Waals surface area contributed by atoms with Crippen molar-refractivity contribution in [3.8, 4) is 11.3 Å². The average molecular weight is 510 g/mol. The number of fused-ring (bicyclic) bond motifs is 1. The fourth-order valence-corrected chi connectivity index (χ4v) is 7.03. The van der Waals surface area contributed by atoms with Gasteiger partial charge in [-0.15, -0.1) is 11.3 Å². The van der Waals surface area contributed by atoms with Crippen LogP contribution in [0, 0.1) is 0 Å². The van der Waals surface area contributed by atoms with Crippen LogP contribution in [-0.2, 0) is 26.9 Å². The molecule has 182 valence electrons. The van der Waals surface area contributed by atoms with Crippen molar-refractivity contribution in [2.24, 2.45) is 0 Å². The minimum absolute atomic E-state index is 0.199. The van der Waals surface area contributed by atoms with E-state index in [1.165, 1.54) is 11.3 Å². The summed E-state index contributed by atoms with van der Waals surface area (Å²) >= 11 is 1.24. The summed E-state index contributed by atoms with van der Waals surface area (Å²) in [6.45, 7) is 6.73. The van der Waals surface area contributed by atoms with E-state index in [2.05, 4.69) is 34.8 Å². The topological polar surface area (TPSA) is 92.4 Å². The van der Waals surface area contributed by atoms with Gasteiger partial charge in [-0.05, 0) is 49.1 Å². The molecule has 0 aliphatic carbocycles. The minimum Gasteiger partial charge on any atom is -0.373 e. The van der Waals surface area contributed by atoms with Crippen molar-refractivity contribution in [3.63, 3.8) is 0 Å². The van der Waals surface area contributed by atoms with Gasteiger partial charge < -0.3 is 9.72 Å². The molecule has 1 aliphatic heterocycles. The predicted octanol–water partition coefficient (Wildman–Crippen LogP) is 4.23. The van der Waals surface area contributed by atoms with Gasteiger partial charge in [-0.2, -0.15) is 0 Å². The molecule has 2 aromatic carbocycles. The normalized spacial score (nSPS) is 19.3. The molecule has 9 heteroatoms. The summed E-state index contributed by atoms with van der Waals surface area (Å²) in [7, 11) is -3.50. The highest BCUT2D eigenvalue weighted by molar-refractivity contribution is 7.90. The fraction of sp³-hybridized carbons (Fsp3) is 0.308. The van der Waals surface area contributed by atoms with Crippen LogP contribution in [0.3, 0.4) is 0 Å². The number of thiazole rings is 1. The van der Waals surface area contributed by atoms with E-state index in [1.54, 1.807) is 35.7 Å². The second kappa shape index (κ2) is 9.66. The van der Waals surface area contributed by atoms with Crippen LogP contribution in [0.5, 0.6) is 0 Å². The molecule has 1 saturated heterocycles. The molecule has 7 nitrogen and oxygen atoms in total. The zero-order valence-electron chi connectivity index (χ0n) is 19.6. The Morgan fingerprint density at radius 2 is 1.83 bits per heavy atom. The van der Waals surface area contributed by atoms with Crippen LogP contribution in [0.4, 0.5) is 0 Å². The number of aromatic amines is 1. The molecule has 2 atom stereocenters. The Bertz CT molecular complexity index is 1500. The lowest BCUT2D eigenvalue weighted by Gasteiger charge is -2.35. The van der Waals surface area contributed by atoms with Crippen molar-refractivity contribution >= 4 is 32.1 Å². The van der Waals surface area contributed by atoms with Crippen LogP contribution >= 0.6 is 11.3 Å². The van der Waals surface area contributed by atoms with Crippen LogP contribution in [0.25, 0.3) is 22.2 Å². The Balaban J connectivity index is 1.37. The molecule has 1 aliphatic rings. The first kappa shape index (κ1) is 23.9. The van der Waals surface area contributed by atoms with Gasteiger partial charge in [0, 0.05) is 30.5 Å².